The van der Waals surface area contributed by atoms with Gasteiger partial charge in [0.15, 0.2) is 5.79 Å². The smallest absolute Gasteiger partial charge is 0.171 e. The van der Waals surface area contributed by atoms with Crippen molar-refractivity contribution in [2.75, 3.05) is 31.2 Å². The Bertz CT molecular complexity index is 465. The van der Waals surface area contributed by atoms with Crippen molar-refractivity contribution in [2.45, 2.75) is 18.6 Å². The highest BCUT2D eigenvalue weighted by Crippen LogP contribution is 2.33. The number of nitrogens with zero attached hydrogens (tertiary/aromatic N) is 2. The molecule has 4 nitrogen and oxygen atoms in total. The summed E-state index contributed by atoms with van der Waals surface area (Å²) in [5, 5.41) is 9.13. The van der Waals surface area contributed by atoms with Crippen molar-refractivity contribution >= 4 is 5.69 Å². The van der Waals surface area contributed by atoms with Gasteiger partial charge in [-0.05, 0) is 12.1 Å². The van der Waals surface area contributed by atoms with E-state index in [9.17, 15) is 0 Å². The highest BCUT2D eigenvalue weighted by molar-refractivity contribution is 5.59. The third kappa shape index (κ3) is 1.96. The van der Waals surface area contributed by atoms with Crippen molar-refractivity contribution in [2.24, 2.45) is 0 Å². The van der Waals surface area contributed by atoms with E-state index in [1.807, 2.05) is 24.3 Å². The van der Waals surface area contributed by atoms with Gasteiger partial charge in [-0.2, -0.15) is 5.26 Å². The molecule has 2 fully saturated rings. The van der Waals surface area contributed by atoms with Crippen molar-refractivity contribution < 1.29 is 9.47 Å². The zero-order valence-corrected chi connectivity index (χ0v) is 10.3. The van der Waals surface area contributed by atoms with Crippen LogP contribution in [-0.2, 0) is 9.47 Å². The first-order chi connectivity index (χ1) is 8.83. The number of rotatable bonds is 1. The third-order valence-electron chi connectivity index (χ3n) is 3.70. The lowest BCUT2D eigenvalue weighted by Gasteiger charge is -2.38. The summed E-state index contributed by atoms with van der Waals surface area (Å²) in [6.07, 6.45) is 1.74. The first-order valence-electron chi connectivity index (χ1n) is 6.35. The van der Waals surface area contributed by atoms with Crippen molar-refractivity contribution in [1.82, 2.24) is 0 Å². The Morgan fingerprint density at radius 3 is 2.44 bits per heavy atom. The average molecular weight is 244 g/mol. The van der Waals surface area contributed by atoms with Crippen molar-refractivity contribution in [3.05, 3.63) is 29.8 Å². The number of nitriles is 1. The molecule has 2 saturated heterocycles. The monoisotopic (exact) mass is 244 g/mol. The molecule has 2 aliphatic rings. The summed E-state index contributed by atoms with van der Waals surface area (Å²) in [5.41, 5.74) is 1.76. The van der Waals surface area contributed by atoms with Crippen LogP contribution in [0.4, 0.5) is 5.69 Å². The molecule has 2 heterocycles. The number of piperidine rings is 1. The molecular weight excluding hydrogens is 228 g/mol. The normalized spacial score (nSPS) is 22.1. The van der Waals surface area contributed by atoms with E-state index in [0.717, 1.165) is 37.2 Å². The largest absolute Gasteiger partial charge is 0.370 e. The molecule has 0 unspecified atom stereocenters. The predicted molar refractivity (Wildman–Crippen MR) is 67.2 cm³/mol. The molecule has 4 heteroatoms. The second-order valence-corrected chi connectivity index (χ2v) is 4.72. The van der Waals surface area contributed by atoms with Crippen LogP contribution in [0.1, 0.15) is 18.4 Å². The fraction of sp³-hybridized carbons (Fsp3) is 0.500. The van der Waals surface area contributed by atoms with Gasteiger partial charge in [-0.15, -0.1) is 0 Å². The Kier molecular flexibility index (Phi) is 2.94. The maximum atomic E-state index is 9.13. The summed E-state index contributed by atoms with van der Waals surface area (Å²) in [6, 6.07) is 9.99. The number of ether oxygens (including phenoxy) is 2. The molecule has 0 atom stereocenters. The maximum Gasteiger partial charge on any atom is 0.171 e. The molecule has 1 spiro atoms. The van der Waals surface area contributed by atoms with Crippen molar-refractivity contribution in [3.8, 4) is 6.07 Å². The Morgan fingerprint density at radius 1 is 1.11 bits per heavy atom. The Morgan fingerprint density at radius 2 is 1.78 bits per heavy atom. The molecule has 0 bridgehead atoms. The first kappa shape index (κ1) is 11.5. The number of anilines is 1. The van der Waals surface area contributed by atoms with Crippen LogP contribution in [0, 0.1) is 11.3 Å². The van der Waals surface area contributed by atoms with E-state index in [4.69, 9.17) is 14.7 Å². The molecule has 18 heavy (non-hydrogen) atoms. The highest BCUT2D eigenvalue weighted by Gasteiger charge is 2.39. The Hall–Kier alpha value is -1.57. The average Bonchev–Trinajstić information content (AvgIpc) is 2.88. The minimum atomic E-state index is -0.349. The van der Waals surface area contributed by atoms with Gasteiger partial charge in [0.05, 0.1) is 24.5 Å². The van der Waals surface area contributed by atoms with Crippen LogP contribution in [0.3, 0.4) is 0 Å². The second-order valence-electron chi connectivity index (χ2n) is 4.72. The quantitative estimate of drug-likeness (QED) is 0.757. The fourth-order valence-electron chi connectivity index (χ4n) is 2.72. The minimum absolute atomic E-state index is 0.349. The molecule has 0 radical (unpaired) electrons. The second kappa shape index (κ2) is 4.60. The maximum absolute atomic E-state index is 9.13. The number of benzene rings is 1. The molecule has 0 aromatic heterocycles. The Balaban J connectivity index is 1.74. The zero-order valence-electron chi connectivity index (χ0n) is 10.3. The molecule has 94 valence electrons. The van der Waals surface area contributed by atoms with Gasteiger partial charge in [-0.1, -0.05) is 12.1 Å². The van der Waals surface area contributed by atoms with Crippen LogP contribution in [0.15, 0.2) is 24.3 Å². The molecule has 0 saturated carbocycles. The van der Waals surface area contributed by atoms with Crippen molar-refractivity contribution in [1.29, 1.82) is 5.26 Å². The number of para-hydroxylation sites is 1. The lowest BCUT2D eigenvalue weighted by atomic mass is 10.0. The van der Waals surface area contributed by atoms with E-state index in [1.54, 1.807) is 0 Å². The van der Waals surface area contributed by atoms with Gasteiger partial charge in [-0.25, -0.2) is 0 Å². The van der Waals surface area contributed by atoms with Crippen LogP contribution in [0.25, 0.3) is 0 Å². The predicted octanol–water partition coefficient (Wildman–Crippen LogP) is 1.90. The molecule has 0 amide bonds. The Labute approximate surface area is 107 Å². The topological polar surface area (TPSA) is 45.5 Å². The summed E-state index contributed by atoms with van der Waals surface area (Å²) < 4.78 is 11.4. The molecule has 1 aromatic rings. The van der Waals surface area contributed by atoms with Gasteiger partial charge in [0, 0.05) is 25.9 Å². The third-order valence-corrected chi connectivity index (χ3v) is 3.70. The molecule has 0 aliphatic carbocycles. The molecule has 2 aliphatic heterocycles. The molecular formula is C14H16N2O2. The van der Waals surface area contributed by atoms with E-state index in [0.29, 0.717) is 13.2 Å². The van der Waals surface area contributed by atoms with Gasteiger partial charge in [0.1, 0.15) is 6.07 Å². The molecule has 0 N–H and O–H groups in total. The van der Waals surface area contributed by atoms with E-state index in [-0.39, 0.29) is 5.79 Å². The zero-order chi connectivity index (χ0) is 12.4. The number of hydrogen-bond acceptors (Lipinski definition) is 4. The van der Waals surface area contributed by atoms with Gasteiger partial charge in [-0.3, -0.25) is 0 Å². The van der Waals surface area contributed by atoms with Gasteiger partial charge >= 0.3 is 0 Å². The van der Waals surface area contributed by atoms with Crippen molar-refractivity contribution in [3.63, 3.8) is 0 Å². The van der Waals surface area contributed by atoms with E-state index >= 15 is 0 Å². The van der Waals surface area contributed by atoms with Crippen LogP contribution in [-0.4, -0.2) is 32.1 Å². The summed E-state index contributed by atoms with van der Waals surface area (Å²) >= 11 is 0. The summed E-state index contributed by atoms with van der Waals surface area (Å²) in [4.78, 5) is 2.24. The lowest BCUT2D eigenvalue weighted by Crippen LogP contribution is -2.45. The lowest BCUT2D eigenvalue weighted by molar-refractivity contribution is -0.169. The van der Waals surface area contributed by atoms with Crippen LogP contribution < -0.4 is 4.90 Å². The van der Waals surface area contributed by atoms with Gasteiger partial charge < -0.3 is 14.4 Å². The molecule has 1 aromatic carbocycles. The van der Waals surface area contributed by atoms with E-state index in [1.165, 1.54) is 0 Å². The standard InChI is InChI=1S/C14H16N2O2/c15-11-12-3-1-2-4-13(12)16-7-5-14(6-8-16)17-9-10-18-14/h1-4H,5-10H2. The summed E-state index contributed by atoms with van der Waals surface area (Å²) in [7, 11) is 0. The minimum Gasteiger partial charge on any atom is -0.370 e. The van der Waals surface area contributed by atoms with E-state index in [2.05, 4.69) is 11.0 Å². The highest BCUT2D eigenvalue weighted by atomic mass is 16.7. The SMILES string of the molecule is N#Cc1ccccc1N1CCC2(CC1)OCCO2. The fourth-order valence-corrected chi connectivity index (χ4v) is 2.72. The first-order valence-corrected chi connectivity index (χ1v) is 6.35. The van der Waals surface area contributed by atoms with Crippen LogP contribution >= 0.6 is 0 Å². The van der Waals surface area contributed by atoms with Gasteiger partial charge in [0.25, 0.3) is 0 Å². The summed E-state index contributed by atoms with van der Waals surface area (Å²) in [5.74, 6) is -0.349. The summed E-state index contributed by atoms with van der Waals surface area (Å²) in [6.45, 7) is 3.15. The van der Waals surface area contributed by atoms with E-state index < -0.39 is 0 Å². The number of hydrogen-bond donors (Lipinski definition) is 0. The van der Waals surface area contributed by atoms with Crippen LogP contribution in [0.2, 0.25) is 0 Å². The van der Waals surface area contributed by atoms with Gasteiger partial charge in [0.2, 0.25) is 0 Å². The molecule has 3 rings (SSSR count). The van der Waals surface area contributed by atoms with Crippen LogP contribution in [0.5, 0.6) is 0 Å².